The number of carbonyl (C=O) groups excluding carboxylic acids is 1. The average molecular weight is 386 g/mol. The third-order valence-corrected chi connectivity index (χ3v) is 5.58. The van der Waals surface area contributed by atoms with Crippen molar-refractivity contribution in [3.63, 3.8) is 0 Å². The van der Waals surface area contributed by atoms with Crippen LogP contribution >= 0.6 is 0 Å². The molecule has 156 valence electrons. The number of esters is 1. The van der Waals surface area contributed by atoms with Gasteiger partial charge in [-0.2, -0.15) is 0 Å². The van der Waals surface area contributed by atoms with Gasteiger partial charge in [0.2, 0.25) is 0 Å². The van der Waals surface area contributed by atoms with Crippen molar-refractivity contribution in [2.45, 2.75) is 78.0 Å². The summed E-state index contributed by atoms with van der Waals surface area (Å²) in [6.07, 6.45) is -0.386. The van der Waals surface area contributed by atoms with E-state index < -0.39 is 24.1 Å². The fourth-order valence-electron chi connectivity index (χ4n) is 4.14. The molecule has 1 N–H and O–H groups in total. The maximum atomic E-state index is 11.6. The lowest BCUT2D eigenvalue weighted by atomic mass is 9.80. The molecule has 0 aliphatic carbocycles. The number of hydrogen-bond donors (Lipinski definition) is 1. The van der Waals surface area contributed by atoms with Gasteiger partial charge < -0.3 is 28.8 Å². The molecule has 2 saturated heterocycles. The van der Waals surface area contributed by atoms with Crippen LogP contribution in [0.5, 0.6) is 0 Å². The standard InChI is InChI=1S/C20H34O7/c1-10(9-11(2)18(22)24-8)14(21)12(3)15-13(4)16(23-7)17-19(25-15)27-20(5,6)26-17/h9,11-17,19,21H,1-8H3/b10-9+/t11-,12+,13+,14-,15+,16-,17+,19+/m0/s1. The molecule has 2 aliphatic rings. The second-order valence-corrected chi connectivity index (χ2v) is 8.16. The summed E-state index contributed by atoms with van der Waals surface area (Å²) in [6.45, 7) is 11.2. The molecule has 0 unspecified atom stereocenters. The monoisotopic (exact) mass is 386 g/mol. The Bertz CT molecular complexity index is 559. The molecule has 2 aliphatic heterocycles. The zero-order chi connectivity index (χ0) is 20.5. The molecule has 0 bridgehead atoms. The molecule has 27 heavy (non-hydrogen) atoms. The molecule has 0 saturated carbocycles. The highest BCUT2D eigenvalue weighted by Crippen LogP contribution is 2.42. The molecule has 0 spiro atoms. The second kappa shape index (κ2) is 8.57. The van der Waals surface area contributed by atoms with Crippen LogP contribution < -0.4 is 0 Å². The molecule has 2 rings (SSSR count). The molecule has 7 nitrogen and oxygen atoms in total. The number of carbonyl (C=O) groups is 1. The van der Waals surface area contributed by atoms with Crippen molar-refractivity contribution in [3.8, 4) is 0 Å². The zero-order valence-electron chi connectivity index (χ0n) is 17.6. The SMILES string of the molecule is COC(=O)[C@@H](C)/C=C(\C)[C@H](O)[C@@H](C)[C@H]1O[C@@H]2OC(C)(C)O[C@@H]2[C@@H](OC)[C@@H]1C. The first-order valence-corrected chi connectivity index (χ1v) is 9.50. The fraction of sp³-hybridized carbons (Fsp3) is 0.850. The van der Waals surface area contributed by atoms with Gasteiger partial charge in [0.05, 0.1) is 31.3 Å². The Kier molecular flexibility index (Phi) is 7.08. The summed E-state index contributed by atoms with van der Waals surface area (Å²) in [6, 6.07) is 0. The van der Waals surface area contributed by atoms with Crippen LogP contribution in [0.3, 0.4) is 0 Å². The molecule has 7 heteroatoms. The lowest BCUT2D eigenvalue weighted by Crippen LogP contribution is -2.56. The second-order valence-electron chi connectivity index (χ2n) is 8.16. The summed E-state index contributed by atoms with van der Waals surface area (Å²) in [5.41, 5.74) is 0.705. The maximum absolute atomic E-state index is 11.6. The van der Waals surface area contributed by atoms with Crippen LogP contribution in [0, 0.1) is 17.8 Å². The van der Waals surface area contributed by atoms with E-state index in [9.17, 15) is 9.90 Å². The van der Waals surface area contributed by atoms with Crippen molar-refractivity contribution in [2.75, 3.05) is 14.2 Å². The summed E-state index contributed by atoms with van der Waals surface area (Å²) in [5.74, 6) is -1.74. The van der Waals surface area contributed by atoms with Crippen LogP contribution in [0.1, 0.15) is 41.5 Å². The Morgan fingerprint density at radius 3 is 2.41 bits per heavy atom. The smallest absolute Gasteiger partial charge is 0.312 e. The topological polar surface area (TPSA) is 83.5 Å². The first kappa shape index (κ1) is 22.3. The zero-order valence-corrected chi connectivity index (χ0v) is 17.6. The van der Waals surface area contributed by atoms with Gasteiger partial charge in [0.1, 0.15) is 6.10 Å². The van der Waals surface area contributed by atoms with Crippen LogP contribution in [-0.4, -0.2) is 61.8 Å². The first-order valence-electron chi connectivity index (χ1n) is 9.50. The highest BCUT2D eigenvalue weighted by atomic mass is 16.8. The summed E-state index contributed by atoms with van der Waals surface area (Å²) < 4.78 is 28.5. The molecule has 0 radical (unpaired) electrons. The van der Waals surface area contributed by atoms with Crippen LogP contribution in [0.2, 0.25) is 0 Å². The van der Waals surface area contributed by atoms with Crippen molar-refractivity contribution in [3.05, 3.63) is 11.6 Å². The average Bonchev–Trinajstić information content (AvgIpc) is 2.92. The van der Waals surface area contributed by atoms with E-state index in [1.54, 1.807) is 20.1 Å². The van der Waals surface area contributed by atoms with E-state index in [-0.39, 0.29) is 36.1 Å². The molecule has 2 heterocycles. The number of ether oxygens (including phenoxy) is 5. The van der Waals surface area contributed by atoms with Crippen molar-refractivity contribution in [2.24, 2.45) is 17.8 Å². The molecular formula is C20H34O7. The summed E-state index contributed by atoms with van der Waals surface area (Å²) in [7, 11) is 3.00. The number of aliphatic hydroxyl groups excluding tert-OH is 1. The van der Waals surface area contributed by atoms with E-state index in [1.165, 1.54) is 7.11 Å². The van der Waals surface area contributed by atoms with Gasteiger partial charge in [0, 0.05) is 18.9 Å². The van der Waals surface area contributed by atoms with E-state index in [2.05, 4.69) is 0 Å². The van der Waals surface area contributed by atoms with E-state index in [0.29, 0.717) is 5.57 Å². The van der Waals surface area contributed by atoms with E-state index in [0.717, 1.165) is 0 Å². The third kappa shape index (κ3) is 4.71. The number of hydrogen-bond acceptors (Lipinski definition) is 7. The molecule has 0 amide bonds. The predicted octanol–water partition coefficient (Wildman–Crippen LogP) is 2.27. The number of aliphatic hydroxyl groups is 1. The summed E-state index contributed by atoms with van der Waals surface area (Å²) in [4.78, 5) is 11.6. The van der Waals surface area contributed by atoms with Gasteiger partial charge in [-0.3, -0.25) is 4.79 Å². The van der Waals surface area contributed by atoms with Gasteiger partial charge in [-0.05, 0) is 33.3 Å². The number of rotatable bonds is 6. The van der Waals surface area contributed by atoms with Gasteiger partial charge in [-0.25, -0.2) is 0 Å². The van der Waals surface area contributed by atoms with Crippen LogP contribution in [-0.2, 0) is 28.5 Å². The molecular weight excluding hydrogens is 352 g/mol. The van der Waals surface area contributed by atoms with Gasteiger partial charge in [-0.15, -0.1) is 0 Å². The highest BCUT2D eigenvalue weighted by molar-refractivity contribution is 5.73. The minimum Gasteiger partial charge on any atom is -0.469 e. The number of fused-ring (bicyclic) bond motifs is 1. The Balaban J connectivity index is 2.16. The van der Waals surface area contributed by atoms with Crippen LogP contribution in [0.4, 0.5) is 0 Å². The lowest BCUT2D eigenvalue weighted by Gasteiger charge is -2.44. The Morgan fingerprint density at radius 2 is 1.85 bits per heavy atom. The molecule has 2 fully saturated rings. The first-order chi connectivity index (χ1) is 12.5. The van der Waals surface area contributed by atoms with Gasteiger partial charge in [-0.1, -0.05) is 19.9 Å². The third-order valence-electron chi connectivity index (χ3n) is 5.58. The molecule has 0 aromatic carbocycles. The van der Waals surface area contributed by atoms with Crippen LogP contribution in [0.25, 0.3) is 0 Å². The lowest BCUT2D eigenvalue weighted by molar-refractivity contribution is -0.252. The van der Waals surface area contributed by atoms with Gasteiger partial charge in [0.25, 0.3) is 0 Å². The minimum atomic E-state index is -0.769. The number of methoxy groups -OCH3 is 2. The largest absolute Gasteiger partial charge is 0.469 e. The van der Waals surface area contributed by atoms with Gasteiger partial charge >= 0.3 is 5.97 Å². The van der Waals surface area contributed by atoms with Crippen molar-refractivity contribution in [1.82, 2.24) is 0 Å². The maximum Gasteiger partial charge on any atom is 0.312 e. The molecule has 8 atom stereocenters. The normalized spacial score (nSPS) is 36.6. The Labute approximate surface area is 161 Å². The molecule has 0 aromatic rings. The Morgan fingerprint density at radius 1 is 1.22 bits per heavy atom. The van der Waals surface area contributed by atoms with Crippen molar-refractivity contribution >= 4 is 5.97 Å². The summed E-state index contributed by atoms with van der Waals surface area (Å²) in [5, 5.41) is 10.8. The summed E-state index contributed by atoms with van der Waals surface area (Å²) >= 11 is 0. The van der Waals surface area contributed by atoms with E-state index >= 15 is 0 Å². The quantitative estimate of drug-likeness (QED) is 0.554. The highest BCUT2D eigenvalue weighted by Gasteiger charge is 2.54. The minimum absolute atomic E-state index is 0.00997. The fourth-order valence-corrected chi connectivity index (χ4v) is 4.14. The van der Waals surface area contributed by atoms with E-state index in [1.807, 2.05) is 34.6 Å². The molecule has 0 aromatic heterocycles. The van der Waals surface area contributed by atoms with E-state index in [4.69, 9.17) is 23.7 Å². The predicted molar refractivity (Wildman–Crippen MR) is 98.8 cm³/mol. The van der Waals surface area contributed by atoms with Crippen LogP contribution in [0.15, 0.2) is 11.6 Å². The van der Waals surface area contributed by atoms with Gasteiger partial charge in [0.15, 0.2) is 12.1 Å². The Hall–Kier alpha value is -0.990. The van der Waals surface area contributed by atoms with Crippen molar-refractivity contribution in [1.29, 1.82) is 0 Å². The van der Waals surface area contributed by atoms with Crippen molar-refractivity contribution < 1.29 is 33.6 Å².